The van der Waals surface area contributed by atoms with Crippen molar-refractivity contribution in [2.24, 2.45) is 13.0 Å². The van der Waals surface area contributed by atoms with Gasteiger partial charge < -0.3 is 5.32 Å². The molecule has 0 bridgehead atoms. The maximum Gasteiger partial charge on any atom is 0.0739 e. The molecule has 1 N–H and O–H groups in total. The topological polar surface area (TPSA) is 29.9 Å². The van der Waals surface area contributed by atoms with Crippen molar-refractivity contribution >= 4 is 15.9 Å². The lowest BCUT2D eigenvalue weighted by atomic mass is 9.83. The second-order valence-corrected chi connectivity index (χ2v) is 6.20. The second kappa shape index (κ2) is 6.20. The van der Waals surface area contributed by atoms with Gasteiger partial charge in [-0.05, 0) is 41.6 Å². The van der Waals surface area contributed by atoms with E-state index in [-0.39, 0.29) is 0 Å². The Morgan fingerprint density at radius 3 is 2.72 bits per heavy atom. The summed E-state index contributed by atoms with van der Waals surface area (Å²) in [5, 5.41) is 8.19. The first kappa shape index (κ1) is 14.1. The summed E-state index contributed by atoms with van der Waals surface area (Å²) >= 11 is 3.63. The minimum absolute atomic E-state index is 0.686. The van der Waals surface area contributed by atoms with Gasteiger partial charge in [0.05, 0.1) is 15.9 Å². The summed E-state index contributed by atoms with van der Waals surface area (Å²) in [6, 6.07) is 0.686. The van der Waals surface area contributed by atoms with Crippen molar-refractivity contribution in [1.82, 2.24) is 15.1 Å². The fourth-order valence-corrected chi connectivity index (χ4v) is 3.54. The molecule has 4 heteroatoms. The number of nitrogens with one attached hydrogen (secondary N) is 1. The smallest absolute Gasteiger partial charge is 0.0739 e. The van der Waals surface area contributed by atoms with E-state index in [1.165, 1.54) is 37.8 Å². The third-order valence-corrected chi connectivity index (χ3v) is 5.26. The van der Waals surface area contributed by atoms with Crippen molar-refractivity contribution in [2.45, 2.75) is 58.5 Å². The molecule has 0 aromatic carbocycles. The quantitative estimate of drug-likeness (QED) is 0.921. The Morgan fingerprint density at radius 1 is 1.39 bits per heavy atom. The van der Waals surface area contributed by atoms with E-state index in [0.717, 1.165) is 22.6 Å². The van der Waals surface area contributed by atoms with Gasteiger partial charge in [0.1, 0.15) is 0 Å². The first-order valence-electron chi connectivity index (χ1n) is 7.04. The van der Waals surface area contributed by atoms with Crippen molar-refractivity contribution in [3.8, 4) is 0 Å². The van der Waals surface area contributed by atoms with Crippen LogP contribution in [0.1, 0.15) is 50.4 Å². The molecule has 1 aromatic heterocycles. The summed E-state index contributed by atoms with van der Waals surface area (Å²) in [7, 11) is 2.02. The average molecular weight is 314 g/mol. The van der Waals surface area contributed by atoms with Gasteiger partial charge in [-0.3, -0.25) is 4.68 Å². The lowest BCUT2D eigenvalue weighted by Gasteiger charge is -2.31. The summed E-state index contributed by atoms with van der Waals surface area (Å²) in [5.41, 5.74) is 2.33. The van der Waals surface area contributed by atoms with Crippen LogP contribution in [-0.2, 0) is 13.6 Å². The lowest BCUT2D eigenvalue weighted by molar-refractivity contribution is 0.253. The molecular formula is C14H24BrN3. The fraction of sp³-hybridized carbons (Fsp3) is 0.786. The van der Waals surface area contributed by atoms with E-state index in [1.807, 2.05) is 18.7 Å². The first-order valence-corrected chi connectivity index (χ1v) is 7.84. The zero-order valence-corrected chi connectivity index (χ0v) is 13.3. The van der Waals surface area contributed by atoms with Crippen LogP contribution < -0.4 is 5.32 Å². The van der Waals surface area contributed by atoms with Crippen LogP contribution in [0.3, 0.4) is 0 Å². The van der Waals surface area contributed by atoms with Gasteiger partial charge >= 0.3 is 0 Å². The molecule has 102 valence electrons. The van der Waals surface area contributed by atoms with Gasteiger partial charge in [0.25, 0.3) is 0 Å². The lowest BCUT2D eigenvalue weighted by Crippen LogP contribution is -2.38. The van der Waals surface area contributed by atoms with Crippen molar-refractivity contribution in [1.29, 1.82) is 0 Å². The van der Waals surface area contributed by atoms with E-state index in [9.17, 15) is 0 Å². The zero-order chi connectivity index (χ0) is 13.1. The number of halogens is 1. The SMILES string of the molecule is CCC1CCCCC1NCc1c(Br)c(C)nn1C. The van der Waals surface area contributed by atoms with Crippen LogP contribution in [0, 0.1) is 12.8 Å². The highest BCUT2D eigenvalue weighted by Gasteiger charge is 2.23. The Labute approximate surface area is 118 Å². The molecule has 18 heavy (non-hydrogen) atoms. The van der Waals surface area contributed by atoms with E-state index >= 15 is 0 Å². The molecule has 1 aliphatic rings. The van der Waals surface area contributed by atoms with Crippen LogP contribution in [-0.4, -0.2) is 15.8 Å². The molecule has 1 heterocycles. The van der Waals surface area contributed by atoms with E-state index in [1.54, 1.807) is 0 Å². The minimum Gasteiger partial charge on any atom is -0.308 e. The third-order valence-electron chi connectivity index (χ3n) is 4.23. The average Bonchev–Trinajstić information content (AvgIpc) is 2.62. The maximum absolute atomic E-state index is 4.44. The second-order valence-electron chi connectivity index (χ2n) is 5.41. The van der Waals surface area contributed by atoms with Crippen LogP contribution >= 0.6 is 15.9 Å². The standard InChI is InChI=1S/C14H24BrN3/c1-4-11-7-5-6-8-12(11)16-9-13-14(15)10(2)17-18(13)3/h11-12,16H,4-9H2,1-3H3. The van der Waals surface area contributed by atoms with Crippen LogP contribution in [0.2, 0.25) is 0 Å². The van der Waals surface area contributed by atoms with Gasteiger partial charge in [-0.25, -0.2) is 0 Å². The molecule has 2 atom stereocenters. The van der Waals surface area contributed by atoms with Crippen LogP contribution in [0.15, 0.2) is 4.47 Å². The predicted octanol–water partition coefficient (Wildman–Crippen LogP) is 3.55. The summed E-state index contributed by atoms with van der Waals surface area (Å²) in [5.74, 6) is 0.854. The molecule has 0 radical (unpaired) electrons. The number of hydrogen-bond acceptors (Lipinski definition) is 2. The number of hydrogen-bond donors (Lipinski definition) is 1. The van der Waals surface area contributed by atoms with Gasteiger partial charge in [-0.15, -0.1) is 0 Å². The minimum atomic E-state index is 0.686. The highest BCUT2D eigenvalue weighted by atomic mass is 79.9. The summed E-state index contributed by atoms with van der Waals surface area (Å²) < 4.78 is 3.14. The maximum atomic E-state index is 4.44. The molecule has 1 aromatic rings. The summed E-state index contributed by atoms with van der Waals surface area (Å²) in [6.07, 6.45) is 6.79. The number of aryl methyl sites for hydroxylation is 2. The van der Waals surface area contributed by atoms with Crippen LogP contribution in [0.4, 0.5) is 0 Å². The molecular weight excluding hydrogens is 290 g/mol. The van der Waals surface area contributed by atoms with Crippen molar-refractivity contribution in [3.05, 3.63) is 15.9 Å². The molecule has 3 nitrogen and oxygen atoms in total. The molecule has 2 rings (SSSR count). The normalized spacial score (nSPS) is 24.4. The fourth-order valence-electron chi connectivity index (χ4n) is 3.06. The monoisotopic (exact) mass is 313 g/mol. The van der Waals surface area contributed by atoms with Gasteiger partial charge in [-0.1, -0.05) is 26.2 Å². The molecule has 0 spiro atoms. The summed E-state index contributed by atoms with van der Waals surface area (Å²) in [4.78, 5) is 0. The Kier molecular flexibility index (Phi) is 4.84. The first-order chi connectivity index (χ1) is 8.63. The molecule has 1 fully saturated rings. The van der Waals surface area contributed by atoms with E-state index in [2.05, 4.69) is 33.3 Å². The molecule has 2 unspecified atom stereocenters. The van der Waals surface area contributed by atoms with E-state index in [4.69, 9.17) is 0 Å². The molecule has 0 amide bonds. The van der Waals surface area contributed by atoms with Gasteiger partial charge in [0, 0.05) is 19.6 Å². The van der Waals surface area contributed by atoms with Crippen molar-refractivity contribution < 1.29 is 0 Å². The predicted molar refractivity (Wildman–Crippen MR) is 78.5 cm³/mol. The number of nitrogens with zero attached hydrogens (tertiary/aromatic N) is 2. The molecule has 0 aliphatic heterocycles. The van der Waals surface area contributed by atoms with Crippen molar-refractivity contribution in [3.63, 3.8) is 0 Å². The Bertz CT molecular complexity index is 400. The van der Waals surface area contributed by atoms with Crippen molar-refractivity contribution in [2.75, 3.05) is 0 Å². The van der Waals surface area contributed by atoms with Crippen LogP contribution in [0.5, 0.6) is 0 Å². The Hall–Kier alpha value is -0.350. The van der Waals surface area contributed by atoms with Gasteiger partial charge in [0.15, 0.2) is 0 Å². The Balaban J connectivity index is 1.98. The highest BCUT2D eigenvalue weighted by Crippen LogP contribution is 2.27. The molecule has 1 saturated carbocycles. The molecule has 0 saturated heterocycles. The highest BCUT2D eigenvalue weighted by molar-refractivity contribution is 9.10. The third kappa shape index (κ3) is 2.97. The zero-order valence-electron chi connectivity index (χ0n) is 11.7. The van der Waals surface area contributed by atoms with E-state index in [0.29, 0.717) is 6.04 Å². The Morgan fingerprint density at radius 2 is 2.11 bits per heavy atom. The van der Waals surface area contributed by atoms with Crippen LogP contribution in [0.25, 0.3) is 0 Å². The summed E-state index contributed by atoms with van der Waals surface area (Å²) in [6.45, 7) is 5.27. The largest absolute Gasteiger partial charge is 0.308 e. The van der Waals surface area contributed by atoms with Gasteiger partial charge in [0.2, 0.25) is 0 Å². The number of rotatable bonds is 4. The molecule has 1 aliphatic carbocycles. The van der Waals surface area contributed by atoms with Gasteiger partial charge in [-0.2, -0.15) is 5.10 Å². The van der Waals surface area contributed by atoms with E-state index < -0.39 is 0 Å². The number of aromatic nitrogens is 2.